The Morgan fingerprint density at radius 2 is 2.04 bits per heavy atom. The van der Waals surface area contributed by atoms with Gasteiger partial charge in [0, 0.05) is 37.2 Å². The van der Waals surface area contributed by atoms with Gasteiger partial charge in [-0.25, -0.2) is 0 Å². The number of hydrogen-bond donors (Lipinski definition) is 2. The van der Waals surface area contributed by atoms with Crippen molar-refractivity contribution in [3.8, 4) is 0 Å². The molecule has 2 fully saturated rings. The second-order valence-corrected chi connectivity index (χ2v) is 7.13. The molecule has 2 aliphatic heterocycles. The number of carbonyl (C=O) groups excluding carboxylic acids is 1. The molecule has 3 rings (SSSR count). The Bertz CT molecular complexity index is 544. The van der Waals surface area contributed by atoms with E-state index in [-0.39, 0.29) is 24.1 Å². The molecule has 5 nitrogen and oxygen atoms in total. The van der Waals surface area contributed by atoms with Crippen molar-refractivity contribution in [3.63, 3.8) is 0 Å². The minimum atomic E-state index is -0.231. The van der Waals surface area contributed by atoms with Gasteiger partial charge in [-0.1, -0.05) is 23.7 Å². The molecule has 1 amide bonds. The average Bonchev–Trinajstić information content (AvgIpc) is 2.59. The number of amides is 1. The molecule has 2 heterocycles. The zero-order chi connectivity index (χ0) is 16.9. The highest BCUT2D eigenvalue weighted by atomic mass is 35.5. The first-order chi connectivity index (χ1) is 11.6. The van der Waals surface area contributed by atoms with E-state index < -0.39 is 0 Å². The molecule has 0 saturated carbocycles. The molecule has 0 bridgehead atoms. The monoisotopic (exact) mass is 351 g/mol. The van der Waals surface area contributed by atoms with Crippen molar-refractivity contribution in [3.05, 3.63) is 34.9 Å². The molecular formula is C18H26ClN3O2. The minimum Gasteiger partial charge on any atom is -0.375 e. The number of hydrogen-bond acceptors (Lipinski definition) is 4. The van der Waals surface area contributed by atoms with Crippen molar-refractivity contribution in [2.75, 3.05) is 26.2 Å². The summed E-state index contributed by atoms with van der Waals surface area (Å²) in [6.45, 7) is 6.30. The Balaban J connectivity index is 1.43. The fourth-order valence-electron chi connectivity index (χ4n) is 3.40. The minimum absolute atomic E-state index is 0.0660. The predicted octanol–water partition coefficient (Wildman–Crippen LogP) is 1.80. The first-order valence-electron chi connectivity index (χ1n) is 8.74. The fourth-order valence-corrected chi connectivity index (χ4v) is 3.53. The number of morpholine rings is 1. The Kier molecular flexibility index (Phi) is 6.11. The number of halogens is 1. The number of piperidine rings is 1. The molecular weight excluding hydrogens is 326 g/mol. The zero-order valence-corrected chi connectivity index (χ0v) is 14.9. The summed E-state index contributed by atoms with van der Waals surface area (Å²) in [4.78, 5) is 14.8. The Hall–Kier alpha value is -1.14. The van der Waals surface area contributed by atoms with E-state index in [0.29, 0.717) is 6.61 Å². The van der Waals surface area contributed by atoms with E-state index in [4.69, 9.17) is 16.3 Å². The van der Waals surface area contributed by atoms with E-state index in [1.807, 2.05) is 19.1 Å². The Morgan fingerprint density at radius 1 is 1.33 bits per heavy atom. The van der Waals surface area contributed by atoms with Crippen LogP contribution in [-0.2, 0) is 16.1 Å². The van der Waals surface area contributed by atoms with Gasteiger partial charge in [0.2, 0.25) is 5.91 Å². The van der Waals surface area contributed by atoms with Crippen LogP contribution in [0, 0.1) is 0 Å². The first-order valence-corrected chi connectivity index (χ1v) is 9.12. The van der Waals surface area contributed by atoms with E-state index in [1.54, 1.807) is 0 Å². The molecule has 24 heavy (non-hydrogen) atoms. The average molecular weight is 352 g/mol. The SMILES string of the molecule is C[C@H]1OCCN[C@@H]1C(=O)NC1CCN(Cc2ccc(Cl)cc2)CC1. The molecule has 132 valence electrons. The molecule has 0 aromatic heterocycles. The molecule has 1 aromatic rings. The van der Waals surface area contributed by atoms with Crippen molar-refractivity contribution in [1.29, 1.82) is 0 Å². The third-order valence-electron chi connectivity index (χ3n) is 4.85. The number of rotatable bonds is 4. The third kappa shape index (κ3) is 4.70. The van der Waals surface area contributed by atoms with Gasteiger partial charge in [-0.2, -0.15) is 0 Å². The van der Waals surface area contributed by atoms with E-state index in [0.717, 1.165) is 44.0 Å². The summed E-state index contributed by atoms with van der Waals surface area (Å²) < 4.78 is 5.55. The van der Waals surface area contributed by atoms with Crippen molar-refractivity contribution in [2.24, 2.45) is 0 Å². The highest BCUT2D eigenvalue weighted by molar-refractivity contribution is 6.30. The largest absolute Gasteiger partial charge is 0.375 e. The molecule has 0 radical (unpaired) electrons. The van der Waals surface area contributed by atoms with Crippen LogP contribution in [0.1, 0.15) is 25.3 Å². The lowest BCUT2D eigenvalue weighted by atomic mass is 10.0. The summed E-state index contributed by atoms with van der Waals surface area (Å²) in [7, 11) is 0. The summed E-state index contributed by atoms with van der Waals surface area (Å²) in [5, 5.41) is 7.20. The molecule has 2 atom stereocenters. The van der Waals surface area contributed by atoms with Gasteiger partial charge in [0.15, 0.2) is 0 Å². The first kappa shape index (κ1) is 17.7. The van der Waals surface area contributed by atoms with Crippen LogP contribution in [0.5, 0.6) is 0 Å². The van der Waals surface area contributed by atoms with Gasteiger partial charge in [-0.3, -0.25) is 9.69 Å². The van der Waals surface area contributed by atoms with E-state index in [9.17, 15) is 4.79 Å². The van der Waals surface area contributed by atoms with Crippen molar-refractivity contribution in [2.45, 2.75) is 44.5 Å². The highest BCUT2D eigenvalue weighted by Gasteiger charge is 2.30. The summed E-state index contributed by atoms with van der Waals surface area (Å²) in [5.41, 5.74) is 1.28. The molecule has 2 aliphatic rings. The Labute approximate surface area is 148 Å². The Morgan fingerprint density at radius 3 is 2.71 bits per heavy atom. The van der Waals surface area contributed by atoms with E-state index >= 15 is 0 Å². The zero-order valence-electron chi connectivity index (χ0n) is 14.1. The predicted molar refractivity (Wildman–Crippen MR) is 95.1 cm³/mol. The summed E-state index contributed by atoms with van der Waals surface area (Å²) >= 11 is 5.93. The number of likely N-dealkylation sites (tertiary alicyclic amines) is 1. The lowest BCUT2D eigenvalue weighted by Crippen LogP contribution is -2.58. The third-order valence-corrected chi connectivity index (χ3v) is 5.10. The van der Waals surface area contributed by atoms with Crippen LogP contribution in [0.2, 0.25) is 5.02 Å². The molecule has 2 N–H and O–H groups in total. The number of nitrogens with one attached hydrogen (secondary N) is 2. The van der Waals surface area contributed by atoms with Crippen LogP contribution in [0.4, 0.5) is 0 Å². The van der Waals surface area contributed by atoms with Crippen LogP contribution < -0.4 is 10.6 Å². The smallest absolute Gasteiger partial charge is 0.240 e. The van der Waals surface area contributed by atoms with Crippen LogP contribution in [0.3, 0.4) is 0 Å². The van der Waals surface area contributed by atoms with Gasteiger partial charge in [0.1, 0.15) is 6.04 Å². The van der Waals surface area contributed by atoms with Crippen molar-refractivity contribution < 1.29 is 9.53 Å². The quantitative estimate of drug-likeness (QED) is 0.868. The summed E-state index contributed by atoms with van der Waals surface area (Å²) in [6, 6.07) is 8.05. The van der Waals surface area contributed by atoms with Gasteiger partial charge < -0.3 is 15.4 Å². The second-order valence-electron chi connectivity index (χ2n) is 6.69. The van der Waals surface area contributed by atoms with Crippen LogP contribution in [0.25, 0.3) is 0 Å². The maximum absolute atomic E-state index is 12.4. The summed E-state index contributed by atoms with van der Waals surface area (Å²) in [6.07, 6.45) is 1.91. The topological polar surface area (TPSA) is 53.6 Å². The van der Waals surface area contributed by atoms with Crippen molar-refractivity contribution in [1.82, 2.24) is 15.5 Å². The van der Waals surface area contributed by atoms with Gasteiger partial charge in [0.25, 0.3) is 0 Å². The number of benzene rings is 1. The maximum atomic E-state index is 12.4. The molecule has 0 unspecified atom stereocenters. The van der Waals surface area contributed by atoms with Gasteiger partial charge >= 0.3 is 0 Å². The fraction of sp³-hybridized carbons (Fsp3) is 0.611. The van der Waals surface area contributed by atoms with Gasteiger partial charge in [-0.15, -0.1) is 0 Å². The highest BCUT2D eigenvalue weighted by Crippen LogP contribution is 2.16. The van der Waals surface area contributed by atoms with E-state index in [2.05, 4.69) is 27.7 Å². The molecule has 2 saturated heterocycles. The van der Waals surface area contributed by atoms with Crippen molar-refractivity contribution >= 4 is 17.5 Å². The number of nitrogens with zero attached hydrogens (tertiary/aromatic N) is 1. The maximum Gasteiger partial charge on any atom is 0.240 e. The number of carbonyl (C=O) groups is 1. The van der Waals surface area contributed by atoms with Gasteiger partial charge in [0.05, 0.1) is 12.7 Å². The van der Waals surface area contributed by atoms with E-state index in [1.165, 1.54) is 5.56 Å². The summed E-state index contributed by atoms with van der Waals surface area (Å²) in [5.74, 6) is 0.0679. The standard InChI is InChI=1S/C18H26ClN3O2/c1-13-17(20-8-11-24-13)18(23)21-16-6-9-22(10-7-16)12-14-2-4-15(19)5-3-14/h2-5,13,16-17,20H,6-12H2,1H3,(H,21,23)/t13-,17+/m1/s1. The lowest BCUT2D eigenvalue weighted by molar-refractivity contribution is -0.130. The molecule has 0 aliphatic carbocycles. The second kappa shape index (κ2) is 8.30. The van der Waals surface area contributed by atoms with Crippen LogP contribution in [-0.4, -0.2) is 55.2 Å². The van der Waals surface area contributed by atoms with Gasteiger partial charge in [-0.05, 0) is 37.5 Å². The number of ether oxygens (including phenoxy) is 1. The molecule has 0 spiro atoms. The lowest BCUT2D eigenvalue weighted by Gasteiger charge is -2.35. The normalized spacial score (nSPS) is 26.2. The van der Waals surface area contributed by atoms with Crippen LogP contribution >= 0.6 is 11.6 Å². The van der Waals surface area contributed by atoms with Crippen LogP contribution in [0.15, 0.2) is 24.3 Å². The molecule has 1 aromatic carbocycles. The molecule has 6 heteroatoms.